The molecular formula is C21H21N5O2. The minimum absolute atomic E-state index is 0.177. The van der Waals surface area contributed by atoms with Gasteiger partial charge in [-0.05, 0) is 36.8 Å². The van der Waals surface area contributed by atoms with Crippen molar-refractivity contribution < 1.29 is 9.59 Å². The third-order valence-corrected chi connectivity index (χ3v) is 3.82. The molecule has 1 heterocycles. The fraction of sp³-hybridized carbons (Fsp3) is 0.143. The van der Waals surface area contributed by atoms with E-state index < -0.39 is 0 Å². The lowest BCUT2D eigenvalue weighted by Crippen LogP contribution is -2.16. The minimum atomic E-state index is -0.353. The zero-order chi connectivity index (χ0) is 19.9. The predicted octanol–water partition coefficient (Wildman–Crippen LogP) is 3.61. The smallest absolute Gasteiger partial charge is 0.274 e. The van der Waals surface area contributed by atoms with Gasteiger partial charge < -0.3 is 16.0 Å². The van der Waals surface area contributed by atoms with E-state index in [0.29, 0.717) is 29.6 Å². The van der Waals surface area contributed by atoms with Crippen molar-refractivity contribution in [1.29, 1.82) is 0 Å². The average molecular weight is 375 g/mol. The molecule has 1 aromatic heterocycles. The van der Waals surface area contributed by atoms with Gasteiger partial charge in [-0.3, -0.25) is 9.59 Å². The van der Waals surface area contributed by atoms with E-state index in [2.05, 4.69) is 25.9 Å². The maximum Gasteiger partial charge on any atom is 0.274 e. The number of aryl methyl sites for hydroxylation is 1. The maximum absolute atomic E-state index is 12.6. The van der Waals surface area contributed by atoms with Crippen LogP contribution in [0.15, 0.2) is 60.7 Å². The SMILES string of the molecule is CC(=O)Nc1cccc(NC(=O)c2cc(C)nc(NCc3ccccc3)n2)c1. The quantitative estimate of drug-likeness (QED) is 0.612. The van der Waals surface area contributed by atoms with Crippen LogP contribution in [-0.4, -0.2) is 21.8 Å². The zero-order valence-electron chi connectivity index (χ0n) is 15.7. The van der Waals surface area contributed by atoms with E-state index in [0.717, 1.165) is 5.56 Å². The summed E-state index contributed by atoms with van der Waals surface area (Å²) in [6.07, 6.45) is 0. The van der Waals surface area contributed by atoms with Gasteiger partial charge in [-0.2, -0.15) is 0 Å². The molecule has 0 spiro atoms. The second kappa shape index (κ2) is 8.77. The number of nitrogens with zero attached hydrogens (tertiary/aromatic N) is 2. The standard InChI is InChI=1S/C21H21N5O2/c1-14-11-19(26-21(23-14)22-13-16-7-4-3-5-8-16)20(28)25-18-10-6-9-17(12-18)24-15(2)27/h3-12H,13H2,1-2H3,(H,24,27)(H,25,28)(H,22,23,26). The first-order chi connectivity index (χ1) is 13.5. The lowest BCUT2D eigenvalue weighted by molar-refractivity contribution is -0.114. The largest absolute Gasteiger partial charge is 0.350 e. The second-order valence-corrected chi connectivity index (χ2v) is 6.27. The summed E-state index contributed by atoms with van der Waals surface area (Å²) in [6.45, 7) is 3.80. The molecule has 3 aromatic rings. The average Bonchev–Trinajstić information content (AvgIpc) is 2.66. The Hall–Kier alpha value is -3.74. The van der Waals surface area contributed by atoms with Gasteiger partial charge in [0.2, 0.25) is 11.9 Å². The van der Waals surface area contributed by atoms with Crippen LogP contribution < -0.4 is 16.0 Å². The second-order valence-electron chi connectivity index (χ2n) is 6.27. The molecule has 3 N–H and O–H groups in total. The fourth-order valence-electron chi connectivity index (χ4n) is 2.61. The number of rotatable bonds is 6. The molecule has 0 aliphatic rings. The zero-order valence-corrected chi connectivity index (χ0v) is 15.7. The number of carbonyl (C=O) groups excluding carboxylic acids is 2. The van der Waals surface area contributed by atoms with Crippen molar-refractivity contribution in [3.05, 3.63) is 77.6 Å². The summed E-state index contributed by atoms with van der Waals surface area (Å²) in [5.74, 6) is -0.140. The van der Waals surface area contributed by atoms with Crippen LogP contribution in [0.4, 0.5) is 17.3 Å². The fourth-order valence-corrected chi connectivity index (χ4v) is 2.61. The highest BCUT2D eigenvalue weighted by Gasteiger charge is 2.11. The summed E-state index contributed by atoms with van der Waals surface area (Å²) in [7, 11) is 0. The van der Waals surface area contributed by atoms with Gasteiger partial charge in [-0.1, -0.05) is 36.4 Å². The molecule has 7 heteroatoms. The molecular weight excluding hydrogens is 354 g/mol. The van der Waals surface area contributed by atoms with Crippen molar-refractivity contribution in [3.63, 3.8) is 0 Å². The van der Waals surface area contributed by atoms with Crippen LogP contribution >= 0.6 is 0 Å². The van der Waals surface area contributed by atoms with Crippen LogP contribution in [0.25, 0.3) is 0 Å². The third kappa shape index (κ3) is 5.38. The summed E-state index contributed by atoms with van der Waals surface area (Å²) in [6, 6.07) is 18.4. The molecule has 0 unspecified atom stereocenters. The highest BCUT2D eigenvalue weighted by atomic mass is 16.2. The number of hydrogen-bond donors (Lipinski definition) is 3. The molecule has 3 rings (SSSR count). The van der Waals surface area contributed by atoms with Gasteiger partial charge in [0.1, 0.15) is 5.69 Å². The molecule has 0 atom stereocenters. The first-order valence-electron chi connectivity index (χ1n) is 8.82. The normalized spacial score (nSPS) is 10.2. The third-order valence-electron chi connectivity index (χ3n) is 3.82. The molecule has 7 nitrogen and oxygen atoms in total. The van der Waals surface area contributed by atoms with Crippen LogP contribution in [0.2, 0.25) is 0 Å². The van der Waals surface area contributed by atoms with Crippen LogP contribution in [0.3, 0.4) is 0 Å². The number of benzene rings is 2. The van der Waals surface area contributed by atoms with Gasteiger partial charge >= 0.3 is 0 Å². The molecule has 0 radical (unpaired) electrons. The van der Waals surface area contributed by atoms with Gasteiger partial charge in [0.25, 0.3) is 5.91 Å². The molecule has 0 bridgehead atoms. The van der Waals surface area contributed by atoms with E-state index >= 15 is 0 Å². The predicted molar refractivity (Wildman–Crippen MR) is 109 cm³/mol. The van der Waals surface area contributed by atoms with E-state index in [-0.39, 0.29) is 17.5 Å². The number of nitrogens with one attached hydrogen (secondary N) is 3. The lowest BCUT2D eigenvalue weighted by atomic mass is 10.2. The Bertz CT molecular complexity index is 989. The highest BCUT2D eigenvalue weighted by molar-refractivity contribution is 6.03. The molecule has 142 valence electrons. The number of amides is 2. The van der Waals surface area contributed by atoms with Crippen LogP contribution in [-0.2, 0) is 11.3 Å². The Morgan fingerprint density at radius 1 is 0.893 bits per heavy atom. The topological polar surface area (TPSA) is 96.0 Å². The van der Waals surface area contributed by atoms with Crippen molar-refractivity contribution in [2.24, 2.45) is 0 Å². The highest BCUT2D eigenvalue weighted by Crippen LogP contribution is 2.16. The van der Waals surface area contributed by atoms with Gasteiger partial charge in [0.05, 0.1) is 0 Å². The van der Waals surface area contributed by atoms with E-state index in [1.165, 1.54) is 6.92 Å². The van der Waals surface area contributed by atoms with E-state index in [1.54, 1.807) is 30.3 Å². The van der Waals surface area contributed by atoms with Gasteiger partial charge in [0.15, 0.2) is 0 Å². The summed E-state index contributed by atoms with van der Waals surface area (Å²) in [4.78, 5) is 32.4. The summed E-state index contributed by atoms with van der Waals surface area (Å²) < 4.78 is 0. The number of aromatic nitrogens is 2. The van der Waals surface area contributed by atoms with Gasteiger partial charge in [-0.25, -0.2) is 9.97 Å². The van der Waals surface area contributed by atoms with Crippen molar-refractivity contribution in [1.82, 2.24) is 9.97 Å². The molecule has 28 heavy (non-hydrogen) atoms. The molecule has 0 saturated heterocycles. The number of anilines is 3. The molecule has 0 aliphatic carbocycles. The first kappa shape index (κ1) is 19.0. The minimum Gasteiger partial charge on any atom is -0.350 e. The Kier molecular flexibility index (Phi) is 5.96. The van der Waals surface area contributed by atoms with Crippen molar-refractivity contribution in [2.75, 3.05) is 16.0 Å². The maximum atomic E-state index is 12.6. The first-order valence-corrected chi connectivity index (χ1v) is 8.82. The Morgan fingerprint density at radius 2 is 1.61 bits per heavy atom. The summed E-state index contributed by atoms with van der Waals surface area (Å²) >= 11 is 0. The van der Waals surface area contributed by atoms with Crippen molar-refractivity contribution in [2.45, 2.75) is 20.4 Å². The van der Waals surface area contributed by atoms with E-state index in [9.17, 15) is 9.59 Å². The van der Waals surface area contributed by atoms with Crippen molar-refractivity contribution in [3.8, 4) is 0 Å². The Morgan fingerprint density at radius 3 is 2.32 bits per heavy atom. The van der Waals surface area contributed by atoms with E-state index in [1.807, 2.05) is 37.3 Å². The van der Waals surface area contributed by atoms with Crippen LogP contribution in [0, 0.1) is 6.92 Å². The van der Waals surface area contributed by atoms with Crippen LogP contribution in [0.1, 0.15) is 28.7 Å². The van der Waals surface area contributed by atoms with Crippen LogP contribution in [0.5, 0.6) is 0 Å². The molecule has 2 amide bonds. The molecule has 0 saturated carbocycles. The van der Waals surface area contributed by atoms with Crippen molar-refractivity contribution >= 4 is 29.1 Å². The van der Waals surface area contributed by atoms with Gasteiger partial charge in [-0.15, -0.1) is 0 Å². The molecule has 0 aliphatic heterocycles. The summed E-state index contributed by atoms with van der Waals surface area (Å²) in [5.41, 5.74) is 3.20. The van der Waals surface area contributed by atoms with Gasteiger partial charge in [0, 0.05) is 30.5 Å². The monoisotopic (exact) mass is 375 g/mol. The Labute approximate surface area is 163 Å². The summed E-state index contributed by atoms with van der Waals surface area (Å²) in [5, 5.41) is 8.62. The van der Waals surface area contributed by atoms with E-state index in [4.69, 9.17) is 0 Å². The number of carbonyl (C=O) groups is 2. The molecule has 2 aromatic carbocycles. The Balaban J connectivity index is 1.71. The lowest BCUT2D eigenvalue weighted by Gasteiger charge is -2.10. The molecule has 0 fully saturated rings. The number of hydrogen-bond acceptors (Lipinski definition) is 5.